The Hall–Kier alpha value is -3.14. The van der Waals surface area contributed by atoms with Crippen LogP contribution in [0.3, 0.4) is 0 Å². The Balaban J connectivity index is 1.64. The lowest BCUT2D eigenvalue weighted by Gasteiger charge is -2.18. The van der Waals surface area contributed by atoms with Crippen molar-refractivity contribution < 1.29 is 17.7 Å². The number of aryl methyl sites for hydroxylation is 1. The van der Waals surface area contributed by atoms with Crippen LogP contribution in [0.5, 0.6) is 0 Å². The number of halogens is 1. The molecule has 0 aliphatic rings. The van der Waals surface area contributed by atoms with Crippen molar-refractivity contribution >= 4 is 44.3 Å². The Bertz CT molecular complexity index is 1330. The van der Waals surface area contributed by atoms with Crippen LogP contribution in [-0.2, 0) is 21.2 Å². The molecule has 0 aliphatic heterocycles. The number of nitrogens with one attached hydrogen (secondary N) is 3. The molecule has 0 radical (unpaired) electrons. The van der Waals surface area contributed by atoms with E-state index in [2.05, 4.69) is 20.2 Å². The summed E-state index contributed by atoms with van der Waals surface area (Å²) < 4.78 is 33.3. The number of nitrogens with zero attached hydrogens (tertiary/aromatic N) is 1. The van der Waals surface area contributed by atoms with Crippen LogP contribution >= 0.6 is 11.6 Å². The zero-order chi connectivity index (χ0) is 22.0. The van der Waals surface area contributed by atoms with Crippen LogP contribution in [0.25, 0.3) is 10.9 Å². The van der Waals surface area contributed by atoms with Gasteiger partial charge in [0, 0.05) is 28.2 Å². The summed E-state index contributed by atoms with van der Waals surface area (Å²) in [6.07, 6.45) is 1.89. The first-order chi connectivity index (χ1) is 14.8. The molecule has 0 bridgehead atoms. The van der Waals surface area contributed by atoms with Gasteiger partial charge in [-0.15, -0.1) is 0 Å². The Labute approximate surface area is 183 Å². The van der Waals surface area contributed by atoms with Gasteiger partial charge in [-0.1, -0.05) is 35.0 Å². The van der Waals surface area contributed by atoms with Crippen molar-refractivity contribution in [2.24, 2.45) is 0 Å². The molecule has 160 valence electrons. The van der Waals surface area contributed by atoms with Crippen LogP contribution in [0, 0.1) is 6.92 Å². The van der Waals surface area contributed by atoms with Gasteiger partial charge in [0.25, 0.3) is 0 Å². The van der Waals surface area contributed by atoms with E-state index in [9.17, 15) is 13.2 Å². The second-order valence-corrected chi connectivity index (χ2v) is 9.15. The molecule has 0 aliphatic carbocycles. The van der Waals surface area contributed by atoms with Gasteiger partial charge in [0.05, 0.1) is 4.90 Å². The molecule has 0 unspecified atom stereocenters. The van der Waals surface area contributed by atoms with Crippen LogP contribution < -0.4 is 10.0 Å². The van der Waals surface area contributed by atoms with Crippen LogP contribution in [0.4, 0.5) is 5.82 Å². The smallest absolute Gasteiger partial charge is 0.244 e. The van der Waals surface area contributed by atoms with Gasteiger partial charge < -0.3 is 14.8 Å². The van der Waals surface area contributed by atoms with E-state index in [0.29, 0.717) is 10.8 Å². The van der Waals surface area contributed by atoms with Gasteiger partial charge >= 0.3 is 0 Å². The first-order valence-electron chi connectivity index (χ1n) is 9.39. The SMILES string of the molecule is Cc1cc(NC(=O)[C@H](Cc2c[nH]c3ccccc23)NS(=O)(=O)c2ccc(Cl)cc2)no1. The molecule has 2 aromatic carbocycles. The Morgan fingerprint density at radius 2 is 1.94 bits per heavy atom. The zero-order valence-corrected chi connectivity index (χ0v) is 18.0. The average molecular weight is 459 g/mol. The van der Waals surface area contributed by atoms with Crippen molar-refractivity contribution in [3.8, 4) is 0 Å². The summed E-state index contributed by atoms with van der Waals surface area (Å²) in [7, 11) is -3.99. The molecule has 4 aromatic rings. The normalized spacial score (nSPS) is 12.7. The molecule has 2 heterocycles. The molecule has 0 spiro atoms. The van der Waals surface area contributed by atoms with Crippen LogP contribution in [0.2, 0.25) is 5.02 Å². The number of hydrogen-bond donors (Lipinski definition) is 3. The molecule has 8 nitrogen and oxygen atoms in total. The second-order valence-electron chi connectivity index (χ2n) is 7.00. The summed E-state index contributed by atoms with van der Waals surface area (Å²) in [5.41, 5.74) is 1.69. The van der Waals surface area contributed by atoms with Crippen LogP contribution in [-0.4, -0.2) is 30.5 Å². The predicted molar refractivity (Wildman–Crippen MR) is 117 cm³/mol. The molecule has 0 fully saturated rings. The minimum absolute atomic E-state index is 0.00547. The van der Waals surface area contributed by atoms with Gasteiger partial charge in [0.1, 0.15) is 11.8 Å². The lowest BCUT2D eigenvalue weighted by molar-refractivity contribution is -0.117. The number of fused-ring (bicyclic) bond motifs is 1. The van der Waals surface area contributed by atoms with Crippen molar-refractivity contribution in [2.75, 3.05) is 5.32 Å². The highest BCUT2D eigenvalue weighted by Crippen LogP contribution is 2.21. The van der Waals surface area contributed by atoms with E-state index < -0.39 is 22.0 Å². The molecule has 0 saturated carbocycles. The minimum Gasteiger partial charge on any atom is -0.361 e. The second kappa shape index (κ2) is 8.54. The van der Waals surface area contributed by atoms with Crippen molar-refractivity contribution in [3.05, 3.63) is 77.1 Å². The molecule has 3 N–H and O–H groups in total. The topological polar surface area (TPSA) is 117 Å². The largest absolute Gasteiger partial charge is 0.361 e. The maximum absolute atomic E-state index is 13.0. The van der Waals surface area contributed by atoms with E-state index >= 15 is 0 Å². The summed E-state index contributed by atoms with van der Waals surface area (Å²) >= 11 is 5.86. The fourth-order valence-electron chi connectivity index (χ4n) is 3.22. The van der Waals surface area contributed by atoms with Crippen LogP contribution in [0.1, 0.15) is 11.3 Å². The third-order valence-electron chi connectivity index (χ3n) is 4.72. The van der Waals surface area contributed by atoms with E-state index in [1.54, 1.807) is 19.2 Å². The summed E-state index contributed by atoms with van der Waals surface area (Å²) in [5, 5.41) is 7.67. The third-order valence-corrected chi connectivity index (χ3v) is 6.46. The molecule has 31 heavy (non-hydrogen) atoms. The molecule has 0 saturated heterocycles. The van der Waals surface area contributed by atoms with E-state index in [4.69, 9.17) is 16.1 Å². The average Bonchev–Trinajstić information content (AvgIpc) is 3.33. The molecule has 2 aromatic heterocycles. The number of carbonyl (C=O) groups is 1. The zero-order valence-electron chi connectivity index (χ0n) is 16.4. The number of aromatic amines is 1. The van der Waals surface area contributed by atoms with E-state index in [-0.39, 0.29) is 17.1 Å². The lowest BCUT2D eigenvalue weighted by Crippen LogP contribution is -2.45. The van der Waals surface area contributed by atoms with Gasteiger partial charge in [0.2, 0.25) is 15.9 Å². The summed E-state index contributed by atoms with van der Waals surface area (Å²) in [6.45, 7) is 1.69. The number of H-pyrrole nitrogens is 1. The van der Waals surface area contributed by atoms with Crippen LogP contribution in [0.15, 0.2) is 70.2 Å². The summed E-state index contributed by atoms with van der Waals surface area (Å²) in [4.78, 5) is 16.1. The molecular weight excluding hydrogens is 440 g/mol. The molecule has 1 amide bonds. The molecule has 10 heteroatoms. The Kier molecular flexibility index (Phi) is 5.81. The molecular formula is C21H19ClN4O4S. The third kappa shape index (κ3) is 4.79. The first-order valence-corrected chi connectivity index (χ1v) is 11.2. The van der Waals surface area contributed by atoms with Gasteiger partial charge in [-0.25, -0.2) is 8.42 Å². The summed E-state index contributed by atoms with van der Waals surface area (Å²) in [6, 6.07) is 13.7. The number of aromatic nitrogens is 2. The maximum atomic E-state index is 13.0. The number of rotatable bonds is 7. The summed E-state index contributed by atoms with van der Waals surface area (Å²) in [5.74, 6) is 0.165. The fourth-order valence-corrected chi connectivity index (χ4v) is 4.54. The van der Waals surface area contributed by atoms with E-state index in [1.807, 2.05) is 24.3 Å². The highest BCUT2D eigenvalue weighted by atomic mass is 35.5. The highest BCUT2D eigenvalue weighted by Gasteiger charge is 2.27. The predicted octanol–water partition coefficient (Wildman–Crippen LogP) is 3.65. The van der Waals surface area contributed by atoms with Gasteiger partial charge in [-0.2, -0.15) is 4.72 Å². The number of benzene rings is 2. The Morgan fingerprint density at radius 3 is 2.65 bits per heavy atom. The fraction of sp³-hybridized carbons (Fsp3) is 0.143. The van der Waals surface area contributed by atoms with Crippen molar-refractivity contribution in [2.45, 2.75) is 24.3 Å². The van der Waals surface area contributed by atoms with Gasteiger partial charge in [-0.05, 0) is 49.2 Å². The standard InChI is InChI=1S/C21H19ClN4O4S/c1-13-10-20(25-30-13)24-21(27)19(11-14-12-23-18-5-3-2-4-17(14)18)26-31(28,29)16-8-6-15(22)7-9-16/h2-10,12,19,23,26H,11H2,1H3,(H,24,25,27)/t19-/m0/s1. The van der Waals surface area contributed by atoms with Crippen molar-refractivity contribution in [1.29, 1.82) is 0 Å². The minimum atomic E-state index is -3.99. The maximum Gasteiger partial charge on any atom is 0.244 e. The number of amides is 1. The van der Waals surface area contributed by atoms with E-state index in [1.165, 1.54) is 24.3 Å². The lowest BCUT2D eigenvalue weighted by atomic mass is 10.1. The number of hydrogen-bond acceptors (Lipinski definition) is 5. The Morgan fingerprint density at radius 1 is 1.19 bits per heavy atom. The van der Waals surface area contributed by atoms with Crippen molar-refractivity contribution in [3.63, 3.8) is 0 Å². The number of anilines is 1. The number of carbonyl (C=O) groups excluding carboxylic acids is 1. The monoisotopic (exact) mass is 458 g/mol. The van der Waals surface area contributed by atoms with Crippen molar-refractivity contribution in [1.82, 2.24) is 14.9 Å². The highest BCUT2D eigenvalue weighted by molar-refractivity contribution is 7.89. The van der Waals surface area contributed by atoms with Gasteiger partial charge in [-0.3, -0.25) is 4.79 Å². The van der Waals surface area contributed by atoms with E-state index in [0.717, 1.165) is 16.5 Å². The quantitative estimate of drug-likeness (QED) is 0.391. The number of sulfonamides is 1. The van der Waals surface area contributed by atoms with Gasteiger partial charge in [0.15, 0.2) is 5.82 Å². The molecule has 1 atom stereocenters. The number of para-hydroxylation sites is 1. The first kappa shape index (κ1) is 21.1. The molecule has 4 rings (SSSR count).